The number of hydrogen-bond acceptors (Lipinski definition) is 2. The highest BCUT2D eigenvalue weighted by molar-refractivity contribution is 6.20. The van der Waals surface area contributed by atoms with Gasteiger partial charge in [0.15, 0.2) is 6.61 Å². The smallest absolute Gasteiger partial charge is 0.456 e. The fourth-order valence-electron chi connectivity index (χ4n) is 2.16. The summed E-state index contributed by atoms with van der Waals surface area (Å²) in [6, 6.07) is 1.29. The second kappa shape index (κ2) is 5.94. The molecule has 118 valence electrons. The normalized spacial score (nSPS) is 19.8. The molecule has 0 aromatic carbocycles. The number of aromatic nitrogens is 1. The molecule has 0 saturated heterocycles. The topological polar surface area (TPSA) is 22.1 Å². The second-order valence-electron chi connectivity index (χ2n) is 4.88. The van der Waals surface area contributed by atoms with Crippen LogP contribution in [-0.4, -0.2) is 23.7 Å². The first-order valence-electron chi connectivity index (χ1n) is 6.41. The summed E-state index contributed by atoms with van der Waals surface area (Å²) >= 11 is 6.14. The molecule has 2 nitrogen and oxygen atoms in total. The van der Waals surface area contributed by atoms with Crippen molar-refractivity contribution < 1.29 is 26.7 Å². The van der Waals surface area contributed by atoms with Gasteiger partial charge in [-0.15, -0.1) is 11.6 Å². The van der Waals surface area contributed by atoms with Crippen molar-refractivity contribution in [1.82, 2.24) is 4.98 Å². The third kappa shape index (κ3) is 3.56. The predicted molar refractivity (Wildman–Crippen MR) is 66.9 cm³/mol. The number of alkyl halides is 6. The van der Waals surface area contributed by atoms with E-state index in [0.29, 0.717) is 24.1 Å². The lowest BCUT2D eigenvalue weighted by molar-refractivity contribution is -0.290. The number of fused-ring (bicyclic) bond motifs is 1. The molecule has 0 saturated carbocycles. The lowest BCUT2D eigenvalue weighted by Crippen LogP contribution is -2.41. The summed E-state index contributed by atoms with van der Waals surface area (Å²) in [5, 5.41) is -0.380. The van der Waals surface area contributed by atoms with Crippen LogP contribution in [0.4, 0.5) is 22.0 Å². The van der Waals surface area contributed by atoms with Gasteiger partial charge in [0, 0.05) is 11.8 Å². The third-order valence-electron chi connectivity index (χ3n) is 3.30. The van der Waals surface area contributed by atoms with E-state index in [0.717, 1.165) is 12.8 Å². The minimum Gasteiger partial charge on any atom is -0.486 e. The molecule has 8 heteroatoms. The zero-order valence-electron chi connectivity index (χ0n) is 10.9. The molecule has 0 aliphatic heterocycles. The van der Waals surface area contributed by atoms with Crippen molar-refractivity contribution in [3.63, 3.8) is 0 Å². The molecule has 1 aromatic heterocycles. The Labute approximate surface area is 123 Å². The Balaban J connectivity index is 2.20. The quantitative estimate of drug-likeness (QED) is 0.457. The van der Waals surface area contributed by atoms with Gasteiger partial charge in [0.1, 0.15) is 5.75 Å². The lowest BCUT2D eigenvalue weighted by Gasteiger charge is -2.21. The molecule has 0 radical (unpaired) electrons. The molecule has 1 heterocycles. The molecule has 0 N–H and O–H groups in total. The molecule has 0 amide bonds. The first-order valence-corrected chi connectivity index (χ1v) is 6.85. The van der Waals surface area contributed by atoms with Gasteiger partial charge in [-0.3, -0.25) is 4.98 Å². The Hall–Kier alpha value is -1.11. The van der Waals surface area contributed by atoms with Crippen LogP contribution in [0.15, 0.2) is 12.3 Å². The van der Waals surface area contributed by atoms with E-state index in [-0.39, 0.29) is 11.1 Å². The molecule has 0 bridgehead atoms. The van der Waals surface area contributed by atoms with Crippen molar-refractivity contribution in [2.24, 2.45) is 0 Å². The van der Waals surface area contributed by atoms with Crippen molar-refractivity contribution >= 4 is 11.6 Å². The van der Waals surface area contributed by atoms with Crippen molar-refractivity contribution in [3.8, 4) is 5.75 Å². The maximum absolute atomic E-state index is 12.9. The summed E-state index contributed by atoms with van der Waals surface area (Å²) in [6.07, 6.45) is -1.55. The van der Waals surface area contributed by atoms with Gasteiger partial charge < -0.3 is 4.74 Å². The zero-order chi connectivity index (χ0) is 15.7. The van der Waals surface area contributed by atoms with Gasteiger partial charge in [0.25, 0.3) is 0 Å². The monoisotopic (exact) mass is 329 g/mol. The fraction of sp³-hybridized carbons (Fsp3) is 0.615. The molecule has 2 rings (SSSR count). The summed E-state index contributed by atoms with van der Waals surface area (Å²) in [5.74, 6) is -4.90. The van der Waals surface area contributed by atoms with Gasteiger partial charge in [-0.05, 0) is 25.3 Å². The largest absolute Gasteiger partial charge is 0.486 e. The summed E-state index contributed by atoms with van der Waals surface area (Å²) in [5.41, 5.74) is 1.02. The number of nitrogens with zero attached hydrogens (tertiary/aromatic N) is 1. The minimum absolute atomic E-state index is 0.00326. The molecule has 1 unspecified atom stereocenters. The Kier molecular flexibility index (Phi) is 4.60. The van der Waals surface area contributed by atoms with Gasteiger partial charge in [0.2, 0.25) is 0 Å². The van der Waals surface area contributed by atoms with Crippen LogP contribution in [0.5, 0.6) is 5.75 Å². The average molecular weight is 330 g/mol. The molecule has 21 heavy (non-hydrogen) atoms. The van der Waals surface area contributed by atoms with E-state index in [1.807, 2.05) is 0 Å². The lowest BCUT2D eigenvalue weighted by atomic mass is 10.1. The van der Waals surface area contributed by atoms with E-state index in [9.17, 15) is 22.0 Å². The van der Waals surface area contributed by atoms with Crippen molar-refractivity contribution in [3.05, 3.63) is 23.5 Å². The number of halogens is 6. The Bertz CT molecular complexity index is 506. The van der Waals surface area contributed by atoms with Crippen LogP contribution < -0.4 is 4.74 Å². The molecular formula is C13H13ClF5NO. The number of hydrogen-bond donors (Lipinski definition) is 0. The first-order chi connectivity index (χ1) is 9.72. The van der Waals surface area contributed by atoms with E-state index in [2.05, 4.69) is 4.98 Å². The minimum atomic E-state index is -5.63. The van der Waals surface area contributed by atoms with E-state index < -0.39 is 18.7 Å². The van der Waals surface area contributed by atoms with Crippen LogP contribution in [0.3, 0.4) is 0 Å². The fourth-order valence-corrected chi connectivity index (χ4v) is 2.50. The average Bonchev–Trinajstić information content (AvgIpc) is 2.58. The number of ether oxygens (including phenoxy) is 1. The Morgan fingerprint density at radius 3 is 2.62 bits per heavy atom. The van der Waals surface area contributed by atoms with Crippen LogP contribution in [0, 0.1) is 0 Å². The van der Waals surface area contributed by atoms with E-state index in [1.54, 1.807) is 0 Å². The highest BCUT2D eigenvalue weighted by atomic mass is 35.5. The predicted octanol–water partition coefficient (Wildman–Crippen LogP) is 4.66. The van der Waals surface area contributed by atoms with E-state index >= 15 is 0 Å². The van der Waals surface area contributed by atoms with Crippen molar-refractivity contribution in [2.75, 3.05) is 6.61 Å². The summed E-state index contributed by atoms with van der Waals surface area (Å²) in [4.78, 5) is 4.09. The maximum atomic E-state index is 12.9. The van der Waals surface area contributed by atoms with Crippen molar-refractivity contribution in [2.45, 2.75) is 43.2 Å². The van der Waals surface area contributed by atoms with Gasteiger partial charge in [-0.2, -0.15) is 22.0 Å². The van der Waals surface area contributed by atoms with Crippen LogP contribution in [0.25, 0.3) is 0 Å². The molecular weight excluding hydrogens is 317 g/mol. The standard InChI is InChI=1S/C13H13ClF5NO/c14-9-4-2-1-3-8-10(5-6-20-11(8)9)21-7-12(15,16)13(17,18)19/h5-6,9H,1-4,7H2. The summed E-state index contributed by atoms with van der Waals surface area (Å²) in [7, 11) is 0. The molecule has 0 spiro atoms. The third-order valence-corrected chi connectivity index (χ3v) is 3.73. The van der Waals surface area contributed by atoms with Crippen LogP contribution >= 0.6 is 11.6 Å². The van der Waals surface area contributed by atoms with Gasteiger partial charge in [-0.1, -0.05) is 6.42 Å². The maximum Gasteiger partial charge on any atom is 0.456 e. The van der Waals surface area contributed by atoms with E-state index in [4.69, 9.17) is 16.3 Å². The van der Waals surface area contributed by atoms with Crippen LogP contribution in [0.2, 0.25) is 0 Å². The summed E-state index contributed by atoms with van der Waals surface area (Å²) < 4.78 is 67.0. The van der Waals surface area contributed by atoms with Gasteiger partial charge in [0.05, 0.1) is 11.1 Å². The molecule has 1 aromatic rings. The highest BCUT2D eigenvalue weighted by Crippen LogP contribution is 2.38. The van der Waals surface area contributed by atoms with Crippen LogP contribution in [0.1, 0.15) is 35.9 Å². The molecule has 1 aliphatic rings. The molecule has 1 atom stereocenters. The molecule has 1 aliphatic carbocycles. The number of rotatable bonds is 3. The van der Waals surface area contributed by atoms with Crippen LogP contribution in [-0.2, 0) is 6.42 Å². The Morgan fingerprint density at radius 1 is 1.24 bits per heavy atom. The Morgan fingerprint density at radius 2 is 1.95 bits per heavy atom. The molecule has 0 fully saturated rings. The number of pyridine rings is 1. The first kappa shape index (κ1) is 16.3. The van der Waals surface area contributed by atoms with Crippen molar-refractivity contribution in [1.29, 1.82) is 0 Å². The van der Waals surface area contributed by atoms with Gasteiger partial charge in [-0.25, -0.2) is 0 Å². The second-order valence-corrected chi connectivity index (χ2v) is 5.40. The van der Waals surface area contributed by atoms with Gasteiger partial charge >= 0.3 is 12.1 Å². The van der Waals surface area contributed by atoms with E-state index in [1.165, 1.54) is 12.3 Å². The zero-order valence-corrected chi connectivity index (χ0v) is 11.6. The summed E-state index contributed by atoms with van der Waals surface area (Å²) in [6.45, 7) is -1.75. The highest BCUT2D eigenvalue weighted by Gasteiger charge is 2.58. The SMILES string of the molecule is FC(F)(F)C(F)(F)COc1ccnc2c1CCCCC2Cl.